The van der Waals surface area contributed by atoms with Crippen LogP contribution in [0.1, 0.15) is 25.0 Å². The van der Waals surface area contributed by atoms with E-state index in [9.17, 15) is 0 Å². The van der Waals surface area contributed by atoms with Gasteiger partial charge in [-0.3, -0.25) is 4.57 Å². The molecule has 0 bridgehead atoms. The maximum absolute atomic E-state index is 5.20. The SMILES string of the molecule is CC1(C)c2cc(-c3cccc(-c4nc5ccccc5n4-c4ccccc4)c3)ccc2-c2ccc(-c3ccccc3-c3nc(-c4ccccc4)cc(-c4ccccc4)n3)cc21. The number of benzene rings is 8. The number of rotatable bonds is 7. The van der Waals surface area contributed by atoms with Gasteiger partial charge in [0.05, 0.1) is 22.4 Å². The molecule has 1 aliphatic rings. The first-order chi connectivity index (χ1) is 29.5. The Morgan fingerprint density at radius 2 is 0.883 bits per heavy atom. The Kier molecular flexibility index (Phi) is 8.45. The molecule has 0 spiro atoms. The van der Waals surface area contributed by atoms with Gasteiger partial charge in [0, 0.05) is 33.4 Å². The number of para-hydroxylation sites is 3. The summed E-state index contributed by atoms with van der Waals surface area (Å²) in [6.07, 6.45) is 0. The van der Waals surface area contributed by atoms with Crippen LogP contribution in [0.4, 0.5) is 0 Å². The summed E-state index contributed by atoms with van der Waals surface area (Å²) in [6, 6.07) is 73.0. The summed E-state index contributed by atoms with van der Waals surface area (Å²) >= 11 is 0. The standard InChI is InChI=1S/C56H40N4/c1-56(2)48-34-40(39-21-16-22-42(33-39)55-59-50-27-14-15-28-53(50)60(55)43-23-10-5-11-24-43)29-31-45(48)46-32-30-41(35-49(46)56)44-25-12-13-26-47(44)54-57-51(37-17-6-3-7-18-37)36-52(58-54)38-19-8-4-9-20-38/h3-36H,1-2H3. The van der Waals surface area contributed by atoms with Crippen LogP contribution in [-0.4, -0.2) is 19.5 Å². The zero-order chi connectivity index (χ0) is 40.2. The molecule has 0 amide bonds. The first-order valence-corrected chi connectivity index (χ1v) is 20.5. The molecule has 2 heterocycles. The van der Waals surface area contributed by atoms with Crippen LogP contribution in [0.2, 0.25) is 0 Å². The topological polar surface area (TPSA) is 43.6 Å². The van der Waals surface area contributed by atoms with Gasteiger partial charge in [-0.25, -0.2) is 15.0 Å². The molecule has 1 aliphatic carbocycles. The Balaban J connectivity index is 0.971. The number of imidazole rings is 1. The van der Waals surface area contributed by atoms with E-state index >= 15 is 0 Å². The van der Waals surface area contributed by atoms with Crippen molar-refractivity contribution >= 4 is 11.0 Å². The highest BCUT2D eigenvalue weighted by atomic mass is 15.1. The molecule has 2 aromatic heterocycles. The lowest BCUT2D eigenvalue weighted by molar-refractivity contribution is 0.661. The zero-order valence-corrected chi connectivity index (χ0v) is 33.4. The molecule has 0 saturated heterocycles. The predicted molar refractivity (Wildman–Crippen MR) is 247 cm³/mol. The minimum absolute atomic E-state index is 0.227. The molecule has 8 aromatic carbocycles. The highest BCUT2D eigenvalue weighted by molar-refractivity contribution is 5.90. The van der Waals surface area contributed by atoms with E-state index in [0.29, 0.717) is 5.82 Å². The maximum atomic E-state index is 5.20. The monoisotopic (exact) mass is 768 g/mol. The summed E-state index contributed by atoms with van der Waals surface area (Å²) in [7, 11) is 0. The highest BCUT2D eigenvalue weighted by Gasteiger charge is 2.36. The van der Waals surface area contributed by atoms with E-state index < -0.39 is 0 Å². The van der Waals surface area contributed by atoms with E-state index in [1.165, 1.54) is 27.8 Å². The number of fused-ring (bicyclic) bond motifs is 4. The molecule has 284 valence electrons. The predicted octanol–water partition coefficient (Wildman–Crippen LogP) is 14.1. The average Bonchev–Trinajstić information content (AvgIpc) is 3.82. The van der Waals surface area contributed by atoms with E-state index in [1.807, 2.05) is 12.1 Å². The van der Waals surface area contributed by atoms with Gasteiger partial charge in [0.15, 0.2) is 5.82 Å². The van der Waals surface area contributed by atoms with Gasteiger partial charge in [-0.1, -0.05) is 172 Å². The molecule has 0 fully saturated rings. The fourth-order valence-electron chi connectivity index (χ4n) is 8.99. The Morgan fingerprint density at radius 1 is 0.367 bits per heavy atom. The molecular formula is C56H40N4. The van der Waals surface area contributed by atoms with Crippen LogP contribution in [0.5, 0.6) is 0 Å². The van der Waals surface area contributed by atoms with Crippen molar-refractivity contribution in [3.05, 3.63) is 217 Å². The Labute approximate surface area is 350 Å². The molecule has 11 rings (SSSR count). The molecule has 0 unspecified atom stereocenters. The molecule has 4 nitrogen and oxygen atoms in total. The lowest BCUT2D eigenvalue weighted by Crippen LogP contribution is -2.15. The van der Waals surface area contributed by atoms with Gasteiger partial charge in [-0.15, -0.1) is 0 Å². The smallest absolute Gasteiger partial charge is 0.161 e. The van der Waals surface area contributed by atoms with E-state index in [2.05, 4.69) is 213 Å². The number of nitrogens with zero attached hydrogens (tertiary/aromatic N) is 4. The Morgan fingerprint density at radius 3 is 1.57 bits per heavy atom. The molecule has 0 atom stereocenters. The quantitative estimate of drug-likeness (QED) is 0.162. The van der Waals surface area contributed by atoms with E-state index in [-0.39, 0.29) is 5.41 Å². The Bertz CT molecular complexity index is 3160. The summed E-state index contributed by atoms with van der Waals surface area (Å²) < 4.78 is 2.26. The maximum Gasteiger partial charge on any atom is 0.161 e. The van der Waals surface area contributed by atoms with Crippen molar-refractivity contribution in [1.82, 2.24) is 19.5 Å². The van der Waals surface area contributed by atoms with E-state index in [0.717, 1.165) is 72.9 Å². The number of hydrogen-bond donors (Lipinski definition) is 0. The minimum Gasteiger partial charge on any atom is -0.292 e. The molecule has 10 aromatic rings. The third kappa shape index (κ3) is 6.04. The van der Waals surface area contributed by atoms with Crippen LogP contribution in [-0.2, 0) is 5.41 Å². The van der Waals surface area contributed by atoms with Crippen molar-refractivity contribution in [3.63, 3.8) is 0 Å². The van der Waals surface area contributed by atoms with Crippen LogP contribution in [0.15, 0.2) is 206 Å². The van der Waals surface area contributed by atoms with Gasteiger partial charge < -0.3 is 0 Å². The van der Waals surface area contributed by atoms with Crippen LogP contribution in [0.3, 0.4) is 0 Å². The molecule has 0 N–H and O–H groups in total. The molecule has 0 saturated carbocycles. The lowest BCUT2D eigenvalue weighted by Gasteiger charge is -2.23. The molecular weight excluding hydrogens is 729 g/mol. The summed E-state index contributed by atoms with van der Waals surface area (Å²) in [5, 5.41) is 0. The largest absolute Gasteiger partial charge is 0.292 e. The Hall–Kier alpha value is -7.69. The van der Waals surface area contributed by atoms with Crippen molar-refractivity contribution in [2.75, 3.05) is 0 Å². The first kappa shape index (κ1) is 35.5. The van der Waals surface area contributed by atoms with Gasteiger partial charge in [-0.05, 0) is 93.0 Å². The van der Waals surface area contributed by atoms with Gasteiger partial charge in [0.2, 0.25) is 0 Å². The van der Waals surface area contributed by atoms with Crippen molar-refractivity contribution in [2.24, 2.45) is 0 Å². The van der Waals surface area contributed by atoms with Crippen LogP contribution in [0, 0.1) is 0 Å². The van der Waals surface area contributed by atoms with Gasteiger partial charge in [0.1, 0.15) is 5.82 Å². The summed E-state index contributed by atoms with van der Waals surface area (Å²) in [6.45, 7) is 4.71. The van der Waals surface area contributed by atoms with E-state index in [1.54, 1.807) is 0 Å². The number of aromatic nitrogens is 4. The van der Waals surface area contributed by atoms with Gasteiger partial charge in [-0.2, -0.15) is 0 Å². The van der Waals surface area contributed by atoms with Crippen molar-refractivity contribution in [1.29, 1.82) is 0 Å². The van der Waals surface area contributed by atoms with Crippen molar-refractivity contribution in [2.45, 2.75) is 19.3 Å². The molecule has 60 heavy (non-hydrogen) atoms. The zero-order valence-electron chi connectivity index (χ0n) is 33.4. The number of hydrogen-bond acceptors (Lipinski definition) is 3. The van der Waals surface area contributed by atoms with Crippen molar-refractivity contribution < 1.29 is 0 Å². The van der Waals surface area contributed by atoms with Crippen molar-refractivity contribution in [3.8, 4) is 84.4 Å². The second kappa shape index (κ2) is 14.3. The second-order valence-electron chi connectivity index (χ2n) is 16.1. The third-order valence-electron chi connectivity index (χ3n) is 12.0. The minimum atomic E-state index is -0.227. The second-order valence-corrected chi connectivity index (χ2v) is 16.1. The summed E-state index contributed by atoms with van der Waals surface area (Å²) in [4.78, 5) is 15.5. The fraction of sp³-hybridized carbons (Fsp3) is 0.0536. The molecule has 0 aliphatic heterocycles. The lowest BCUT2D eigenvalue weighted by atomic mass is 9.80. The van der Waals surface area contributed by atoms with E-state index in [4.69, 9.17) is 15.0 Å². The fourth-order valence-corrected chi connectivity index (χ4v) is 8.99. The molecule has 0 radical (unpaired) electrons. The van der Waals surface area contributed by atoms with Crippen LogP contribution in [0.25, 0.3) is 95.4 Å². The normalized spacial score (nSPS) is 12.6. The van der Waals surface area contributed by atoms with Crippen LogP contribution < -0.4 is 0 Å². The van der Waals surface area contributed by atoms with Gasteiger partial charge in [0.25, 0.3) is 0 Å². The highest BCUT2D eigenvalue weighted by Crippen LogP contribution is 2.51. The first-order valence-electron chi connectivity index (χ1n) is 20.5. The summed E-state index contributed by atoms with van der Waals surface area (Å²) in [5.74, 6) is 1.64. The molecule has 4 heteroatoms. The summed E-state index contributed by atoms with van der Waals surface area (Å²) in [5.41, 5.74) is 18.7. The van der Waals surface area contributed by atoms with Crippen LogP contribution >= 0.6 is 0 Å². The van der Waals surface area contributed by atoms with Gasteiger partial charge >= 0.3 is 0 Å². The third-order valence-corrected chi connectivity index (χ3v) is 12.0. The average molecular weight is 769 g/mol.